The monoisotopic (exact) mass is 254 g/mol. The van der Waals surface area contributed by atoms with Crippen LogP contribution in [0, 0.1) is 22.7 Å². The van der Waals surface area contributed by atoms with Crippen LogP contribution >= 0.6 is 0 Å². The molecule has 0 aromatic rings. The fraction of sp³-hybridized carbons (Fsp3) is 1.00. The van der Waals surface area contributed by atoms with Gasteiger partial charge in [-0.3, -0.25) is 0 Å². The molecule has 108 valence electrons. The molecule has 1 nitrogen and oxygen atoms in total. The normalized spacial score (nSPS) is 34.3. The van der Waals surface area contributed by atoms with Crippen molar-refractivity contribution in [3.8, 4) is 0 Å². The zero-order valence-corrected chi connectivity index (χ0v) is 13.8. The van der Waals surface area contributed by atoms with E-state index in [2.05, 4.69) is 55.4 Å². The zero-order chi connectivity index (χ0) is 14.1. The van der Waals surface area contributed by atoms with E-state index in [9.17, 15) is 0 Å². The lowest BCUT2D eigenvalue weighted by atomic mass is 9.62. The third-order valence-electron chi connectivity index (χ3n) is 5.34. The Bertz CT molecular complexity index is 261. The Hall–Kier alpha value is -0.0400. The first-order valence-corrected chi connectivity index (χ1v) is 7.76. The van der Waals surface area contributed by atoms with E-state index >= 15 is 0 Å². The van der Waals surface area contributed by atoms with Gasteiger partial charge in [0.2, 0.25) is 0 Å². The highest BCUT2D eigenvalue weighted by Crippen LogP contribution is 2.47. The van der Waals surface area contributed by atoms with Crippen LogP contribution in [-0.4, -0.2) is 12.2 Å². The van der Waals surface area contributed by atoms with Crippen molar-refractivity contribution in [3.63, 3.8) is 0 Å². The van der Waals surface area contributed by atoms with Gasteiger partial charge in [0.15, 0.2) is 0 Å². The van der Waals surface area contributed by atoms with Crippen LogP contribution in [0.1, 0.15) is 74.7 Å². The molecule has 1 saturated carbocycles. The Labute approximate surface area is 115 Å². The lowest BCUT2D eigenvalue weighted by Crippen LogP contribution is -2.49. The van der Waals surface area contributed by atoms with Gasteiger partial charge in [-0.25, -0.2) is 0 Å². The molecule has 0 saturated heterocycles. The van der Waals surface area contributed by atoms with Crippen LogP contribution in [0.5, 0.6) is 0 Å². The number of rotatable bonds is 3. The van der Waals surface area contributed by atoms with E-state index in [1.807, 2.05) is 0 Å². The van der Waals surface area contributed by atoms with Crippen LogP contribution in [-0.2, 0) is 4.74 Å². The van der Waals surface area contributed by atoms with E-state index in [4.69, 9.17) is 4.74 Å². The Morgan fingerprint density at radius 3 is 2.22 bits per heavy atom. The summed E-state index contributed by atoms with van der Waals surface area (Å²) in [6.07, 6.45) is 4.70. The Morgan fingerprint density at radius 2 is 1.78 bits per heavy atom. The van der Waals surface area contributed by atoms with Crippen LogP contribution in [0.15, 0.2) is 0 Å². The fourth-order valence-corrected chi connectivity index (χ4v) is 3.42. The predicted molar refractivity (Wildman–Crippen MR) is 79.8 cm³/mol. The van der Waals surface area contributed by atoms with Crippen LogP contribution in [0.4, 0.5) is 0 Å². The first-order valence-electron chi connectivity index (χ1n) is 7.76. The quantitative estimate of drug-likeness (QED) is 0.665. The van der Waals surface area contributed by atoms with E-state index in [0.29, 0.717) is 23.5 Å². The first kappa shape index (κ1) is 16.0. The molecule has 0 radical (unpaired) electrons. The molecular weight excluding hydrogens is 220 g/mol. The summed E-state index contributed by atoms with van der Waals surface area (Å²) in [5.74, 6) is 1.50. The number of hydrogen-bond donors (Lipinski definition) is 0. The van der Waals surface area contributed by atoms with Crippen molar-refractivity contribution in [2.24, 2.45) is 22.7 Å². The minimum absolute atomic E-state index is 0.231. The van der Waals surface area contributed by atoms with Gasteiger partial charge in [-0.05, 0) is 42.4 Å². The molecule has 1 fully saturated rings. The van der Waals surface area contributed by atoms with Crippen molar-refractivity contribution in [2.45, 2.75) is 86.9 Å². The summed E-state index contributed by atoms with van der Waals surface area (Å²) in [5.41, 5.74) is 0.543. The van der Waals surface area contributed by atoms with E-state index < -0.39 is 0 Å². The summed E-state index contributed by atoms with van der Waals surface area (Å²) in [5, 5.41) is 0. The van der Waals surface area contributed by atoms with Gasteiger partial charge in [-0.2, -0.15) is 0 Å². The maximum Gasteiger partial charge on any atom is 0.0658 e. The van der Waals surface area contributed by atoms with Gasteiger partial charge < -0.3 is 4.74 Å². The lowest BCUT2D eigenvalue weighted by molar-refractivity contribution is -0.157. The molecule has 4 atom stereocenters. The van der Waals surface area contributed by atoms with E-state index in [1.165, 1.54) is 19.3 Å². The number of ether oxygens (including phenoxy) is 1. The molecular formula is C17H34O. The van der Waals surface area contributed by atoms with Crippen LogP contribution in [0.25, 0.3) is 0 Å². The molecule has 1 aliphatic rings. The van der Waals surface area contributed by atoms with Crippen molar-refractivity contribution in [2.75, 3.05) is 0 Å². The average molecular weight is 254 g/mol. The molecule has 0 bridgehead atoms. The zero-order valence-electron chi connectivity index (χ0n) is 13.8. The van der Waals surface area contributed by atoms with Gasteiger partial charge in [0.1, 0.15) is 0 Å². The predicted octanol–water partition coefficient (Wildman–Crippen LogP) is 5.29. The molecule has 1 rings (SSSR count). The molecule has 0 heterocycles. The maximum absolute atomic E-state index is 6.52. The molecule has 0 aromatic heterocycles. The van der Waals surface area contributed by atoms with Gasteiger partial charge in [0, 0.05) is 0 Å². The molecule has 0 aromatic carbocycles. The molecule has 1 heteroatoms. The fourth-order valence-electron chi connectivity index (χ4n) is 3.42. The second-order valence-corrected chi connectivity index (χ2v) is 8.05. The molecule has 0 spiro atoms. The molecule has 0 N–H and O–H groups in total. The van der Waals surface area contributed by atoms with Gasteiger partial charge in [0.25, 0.3) is 0 Å². The Morgan fingerprint density at radius 1 is 1.22 bits per heavy atom. The molecule has 0 amide bonds. The highest BCUT2D eigenvalue weighted by Gasteiger charge is 2.45. The number of hydrogen-bond acceptors (Lipinski definition) is 1. The van der Waals surface area contributed by atoms with E-state index in [0.717, 1.165) is 5.92 Å². The smallest absolute Gasteiger partial charge is 0.0658 e. The van der Waals surface area contributed by atoms with Crippen molar-refractivity contribution >= 4 is 0 Å². The summed E-state index contributed by atoms with van der Waals surface area (Å²) < 4.78 is 6.52. The van der Waals surface area contributed by atoms with Crippen LogP contribution in [0.3, 0.4) is 0 Å². The van der Waals surface area contributed by atoms with Gasteiger partial charge in [-0.15, -0.1) is 0 Å². The largest absolute Gasteiger partial charge is 0.374 e. The topological polar surface area (TPSA) is 9.23 Å². The highest BCUT2D eigenvalue weighted by atomic mass is 16.5. The lowest BCUT2D eigenvalue weighted by Gasteiger charge is -2.50. The van der Waals surface area contributed by atoms with Gasteiger partial charge >= 0.3 is 0 Å². The minimum Gasteiger partial charge on any atom is -0.374 e. The third-order valence-corrected chi connectivity index (χ3v) is 5.34. The second-order valence-electron chi connectivity index (χ2n) is 8.05. The third kappa shape index (κ3) is 3.29. The van der Waals surface area contributed by atoms with Crippen molar-refractivity contribution in [1.29, 1.82) is 0 Å². The van der Waals surface area contributed by atoms with Crippen LogP contribution < -0.4 is 0 Å². The summed E-state index contributed by atoms with van der Waals surface area (Å²) in [6, 6.07) is 0. The molecule has 18 heavy (non-hydrogen) atoms. The second kappa shape index (κ2) is 5.53. The Balaban J connectivity index is 2.83. The standard InChI is InChI=1S/C17H34O/c1-9-14-11-10-12(2)15(17(14,7)8)18-13(3)16(4,5)6/h12-15H,9-11H2,1-8H3. The summed E-state index contributed by atoms with van der Waals surface area (Å²) >= 11 is 0. The summed E-state index contributed by atoms with van der Waals surface area (Å²) in [4.78, 5) is 0. The van der Waals surface area contributed by atoms with Crippen molar-refractivity contribution in [1.82, 2.24) is 0 Å². The molecule has 0 aliphatic heterocycles. The Kier molecular flexibility index (Phi) is 4.92. The SMILES string of the molecule is CCC1CCC(C)C(OC(C)C(C)(C)C)C1(C)C. The van der Waals surface area contributed by atoms with E-state index in [1.54, 1.807) is 0 Å². The summed E-state index contributed by atoms with van der Waals surface area (Å²) in [7, 11) is 0. The van der Waals surface area contributed by atoms with E-state index in [-0.39, 0.29) is 5.41 Å². The van der Waals surface area contributed by atoms with Crippen molar-refractivity contribution in [3.05, 3.63) is 0 Å². The maximum atomic E-state index is 6.52. The summed E-state index contributed by atoms with van der Waals surface area (Å²) in [6.45, 7) is 18.6. The average Bonchev–Trinajstić information content (AvgIpc) is 2.22. The molecule has 4 unspecified atom stereocenters. The highest BCUT2D eigenvalue weighted by molar-refractivity contribution is 4.94. The first-order chi connectivity index (χ1) is 8.10. The van der Waals surface area contributed by atoms with Crippen LogP contribution in [0.2, 0.25) is 0 Å². The van der Waals surface area contributed by atoms with Gasteiger partial charge in [0.05, 0.1) is 12.2 Å². The van der Waals surface area contributed by atoms with Gasteiger partial charge in [-0.1, -0.05) is 54.9 Å². The van der Waals surface area contributed by atoms with Crippen molar-refractivity contribution < 1.29 is 4.74 Å². The minimum atomic E-state index is 0.231. The molecule has 1 aliphatic carbocycles.